The fourth-order valence-corrected chi connectivity index (χ4v) is 7.73. The summed E-state index contributed by atoms with van der Waals surface area (Å²) in [6, 6.07) is 15.3. The van der Waals surface area contributed by atoms with Crippen molar-refractivity contribution in [2.75, 3.05) is 104 Å². The van der Waals surface area contributed by atoms with Crippen molar-refractivity contribution < 1.29 is 56.8 Å². The van der Waals surface area contributed by atoms with E-state index in [2.05, 4.69) is 20.8 Å². The van der Waals surface area contributed by atoms with Crippen LogP contribution in [0.25, 0.3) is 10.8 Å². The summed E-state index contributed by atoms with van der Waals surface area (Å²) in [4.78, 5) is 92.4. The molecule has 344 valence electrons. The number of rotatable bonds is 22. The van der Waals surface area contributed by atoms with Crippen LogP contribution in [0.5, 0.6) is 0 Å². The molecular formula is C45H50FN7O12. The molecule has 0 bridgehead atoms. The number of imide groups is 2. The maximum absolute atomic E-state index is 14.9. The Morgan fingerprint density at radius 3 is 2.08 bits per heavy atom. The molecule has 2 saturated heterocycles. The topological polar surface area (TPSA) is 228 Å². The van der Waals surface area contributed by atoms with Gasteiger partial charge in [-0.25, -0.2) is 9.49 Å². The summed E-state index contributed by atoms with van der Waals surface area (Å²) in [6.45, 7) is 4.07. The van der Waals surface area contributed by atoms with Crippen LogP contribution < -0.4 is 16.2 Å². The van der Waals surface area contributed by atoms with Crippen molar-refractivity contribution in [3.05, 3.63) is 105 Å². The van der Waals surface area contributed by atoms with E-state index in [0.29, 0.717) is 80.5 Å². The highest BCUT2D eigenvalue weighted by Crippen LogP contribution is 2.32. The molecule has 1 aromatic heterocycles. The Kier molecular flexibility index (Phi) is 16.1. The number of hydrogen-bond donors (Lipinski definition) is 3. The predicted molar refractivity (Wildman–Crippen MR) is 230 cm³/mol. The first-order valence-electron chi connectivity index (χ1n) is 21.4. The van der Waals surface area contributed by atoms with Crippen LogP contribution in [-0.4, -0.2) is 165 Å². The van der Waals surface area contributed by atoms with E-state index in [4.69, 9.17) is 23.7 Å². The summed E-state index contributed by atoms with van der Waals surface area (Å²) in [5, 5.41) is 13.2. The highest BCUT2D eigenvalue weighted by Gasteiger charge is 2.45. The zero-order chi connectivity index (χ0) is 45.7. The van der Waals surface area contributed by atoms with Crippen molar-refractivity contribution in [3.8, 4) is 0 Å². The molecule has 19 nitrogen and oxygen atoms in total. The zero-order valence-corrected chi connectivity index (χ0v) is 35.6. The summed E-state index contributed by atoms with van der Waals surface area (Å²) in [5.74, 6) is -3.57. The lowest BCUT2D eigenvalue weighted by Gasteiger charge is -2.34. The van der Waals surface area contributed by atoms with Crippen LogP contribution in [-0.2, 0) is 44.5 Å². The summed E-state index contributed by atoms with van der Waals surface area (Å²) >= 11 is 0. The average molecular weight is 900 g/mol. The van der Waals surface area contributed by atoms with E-state index < -0.39 is 41.4 Å². The number of benzene rings is 3. The van der Waals surface area contributed by atoms with Gasteiger partial charge in [-0.2, -0.15) is 5.10 Å². The number of nitrogens with one attached hydrogen (secondary N) is 3. The quantitative estimate of drug-likeness (QED) is 0.0752. The van der Waals surface area contributed by atoms with Gasteiger partial charge in [-0.15, -0.1) is 0 Å². The first-order valence-corrected chi connectivity index (χ1v) is 21.4. The van der Waals surface area contributed by atoms with Crippen LogP contribution in [0.1, 0.15) is 55.2 Å². The monoisotopic (exact) mass is 899 g/mol. The second kappa shape index (κ2) is 22.4. The number of ether oxygens (including phenoxy) is 5. The van der Waals surface area contributed by atoms with E-state index in [1.54, 1.807) is 41.3 Å². The van der Waals surface area contributed by atoms with E-state index in [1.807, 2.05) is 6.07 Å². The Morgan fingerprint density at radius 2 is 1.38 bits per heavy atom. The molecule has 3 aliphatic heterocycles. The van der Waals surface area contributed by atoms with E-state index in [9.17, 15) is 38.0 Å². The number of hydrogen-bond acceptors (Lipinski definition) is 14. The van der Waals surface area contributed by atoms with E-state index in [1.165, 1.54) is 23.1 Å². The second-order valence-corrected chi connectivity index (χ2v) is 15.3. The molecule has 2 fully saturated rings. The Hall–Kier alpha value is -6.45. The van der Waals surface area contributed by atoms with E-state index in [-0.39, 0.29) is 93.4 Å². The zero-order valence-electron chi connectivity index (χ0n) is 35.6. The molecule has 7 rings (SSSR count). The van der Waals surface area contributed by atoms with Crippen LogP contribution in [0.2, 0.25) is 0 Å². The fourth-order valence-electron chi connectivity index (χ4n) is 7.73. The molecule has 1 atom stereocenters. The lowest BCUT2D eigenvalue weighted by atomic mass is 10.0. The first kappa shape index (κ1) is 46.5. The van der Waals surface area contributed by atoms with Crippen LogP contribution in [0.3, 0.4) is 0 Å². The smallest absolute Gasteiger partial charge is 0.272 e. The van der Waals surface area contributed by atoms with Gasteiger partial charge in [-0.3, -0.25) is 43.8 Å². The molecule has 4 heterocycles. The molecule has 65 heavy (non-hydrogen) atoms. The molecule has 6 amide bonds. The normalized spacial score (nSPS) is 16.3. The molecule has 0 spiro atoms. The lowest BCUT2D eigenvalue weighted by molar-refractivity contribution is -0.138. The van der Waals surface area contributed by atoms with Gasteiger partial charge in [0.25, 0.3) is 23.3 Å². The van der Waals surface area contributed by atoms with E-state index >= 15 is 0 Å². The molecule has 3 aromatic carbocycles. The van der Waals surface area contributed by atoms with Gasteiger partial charge in [0.15, 0.2) is 0 Å². The molecule has 1 unspecified atom stereocenters. The van der Waals surface area contributed by atoms with Gasteiger partial charge in [0, 0.05) is 56.6 Å². The van der Waals surface area contributed by atoms with Gasteiger partial charge in [0.2, 0.25) is 17.7 Å². The lowest BCUT2D eigenvalue weighted by Crippen LogP contribution is -2.54. The third-order valence-electron chi connectivity index (χ3n) is 11.1. The maximum Gasteiger partial charge on any atom is 0.272 e. The number of nitrogens with zero attached hydrogens (tertiary/aromatic N) is 4. The SMILES string of the molecule is O=C1CCC(N2C(=O)c3cccc(NCCOCCOCCOCCOCCOCC(=O)N4CCN(C(=O)c5cc(Cc6n[nH]c(=O)c7ccccc67)ccc5F)CC4)c3C2=O)C(=O)N1. The molecular weight excluding hydrogens is 850 g/mol. The standard InChI is InChI=1S/C45H50FN7O12/c46-34-9-8-29(27-36-30-4-1-2-5-31(30)41(56)50-49-36)26-33(34)43(58)52-15-13-51(14-16-52)39(55)28-65-25-24-64-23-22-63-21-20-62-19-18-61-17-12-47-35-7-3-6-32-40(35)45(60)53(44(32)59)37-10-11-38(54)48-42(37)57/h1-9,26,37,47H,10-25,27-28H2,(H,50,56)(H,48,54,57). The van der Waals surface area contributed by atoms with Gasteiger partial charge in [-0.05, 0) is 42.3 Å². The number of carbonyl (C=O) groups is 6. The number of aromatic amines is 1. The largest absolute Gasteiger partial charge is 0.382 e. The molecule has 0 radical (unpaired) electrons. The van der Waals surface area contributed by atoms with Crippen molar-refractivity contribution >= 4 is 51.9 Å². The number of H-pyrrole nitrogens is 1. The molecule has 20 heteroatoms. The average Bonchev–Trinajstić information content (AvgIpc) is 3.57. The molecule has 0 aliphatic carbocycles. The van der Waals surface area contributed by atoms with Gasteiger partial charge >= 0.3 is 0 Å². The van der Waals surface area contributed by atoms with Crippen LogP contribution >= 0.6 is 0 Å². The van der Waals surface area contributed by atoms with Gasteiger partial charge in [-0.1, -0.05) is 30.3 Å². The Morgan fingerprint density at radius 1 is 0.738 bits per heavy atom. The molecule has 3 N–H and O–H groups in total. The Bertz CT molecular complexity index is 2460. The number of aromatic nitrogens is 2. The summed E-state index contributed by atoms with van der Waals surface area (Å²) in [5.41, 5.74) is 1.73. The highest BCUT2D eigenvalue weighted by molar-refractivity contribution is 6.25. The number of amides is 6. The minimum absolute atomic E-state index is 0.0466. The fraction of sp³-hybridized carbons (Fsp3) is 0.422. The number of carbonyl (C=O) groups excluding carboxylic acids is 6. The number of piperazine rings is 1. The number of halogens is 1. The van der Waals surface area contributed by atoms with Gasteiger partial charge < -0.3 is 38.8 Å². The third-order valence-corrected chi connectivity index (χ3v) is 11.1. The predicted octanol–water partition coefficient (Wildman–Crippen LogP) is 1.53. The molecule has 0 saturated carbocycles. The second-order valence-electron chi connectivity index (χ2n) is 15.3. The minimum Gasteiger partial charge on any atom is -0.382 e. The van der Waals surface area contributed by atoms with Crippen LogP contribution in [0, 0.1) is 5.82 Å². The number of fused-ring (bicyclic) bond motifs is 2. The van der Waals surface area contributed by atoms with Crippen molar-refractivity contribution in [2.45, 2.75) is 25.3 Å². The summed E-state index contributed by atoms with van der Waals surface area (Å²) < 4.78 is 42.5. The van der Waals surface area contributed by atoms with Crippen molar-refractivity contribution in [3.63, 3.8) is 0 Å². The van der Waals surface area contributed by atoms with Crippen molar-refractivity contribution in [2.24, 2.45) is 0 Å². The maximum atomic E-state index is 14.9. The van der Waals surface area contributed by atoms with Crippen LogP contribution in [0.15, 0.2) is 65.5 Å². The molecule has 4 aromatic rings. The first-order chi connectivity index (χ1) is 31.6. The summed E-state index contributed by atoms with van der Waals surface area (Å²) in [7, 11) is 0. The molecule has 3 aliphatic rings. The summed E-state index contributed by atoms with van der Waals surface area (Å²) in [6.07, 6.45) is 0.415. The van der Waals surface area contributed by atoms with Gasteiger partial charge in [0.1, 0.15) is 18.5 Å². The van der Waals surface area contributed by atoms with Crippen molar-refractivity contribution in [1.29, 1.82) is 0 Å². The minimum atomic E-state index is -1.03. The van der Waals surface area contributed by atoms with Crippen molar-refractivity contribution in [1.82, 2.24) is 30.2 Å². The Labute approximate surface area is 372 Å². The number of piperidine rings is 1. The third kappa shape index (κ3) is 11.6. The van der Waals surface area contributed by atoms with Crippen LogP contribution in [0.4, 0.5) is 10.1 Å². The van der Waals surface area contributed by atoms with E-state index in [0.717, 1.165) is 4.90 Å². The number of anilines is 1. The Balaban J connectivity index is 0.683. The van der Waals surface area contributed by atoms with Gasteiger partial charge in [0.05, 0.1) is 87.2 Å². The highest BCUT2D eigenvalue weighted by atomic mass is 19.1.